The number of pyridine rings is 1. The van der Waals surface area contributed by atoms with Gasteiger partial charge in [-0.1, -0.05) is 6.07 Å². The predicted octanol–water partition coefficient (Wildman–Crippen LogP) is 2.65. The van der Waals surface area contributed by atoms with Crippen molar-refractivity contribution >= 4 is 29.0 Å². The second kappa shape index (κ2) is 7.23. The summed E-state index contributed by atoms with van der Waals surface area (Å²) in [7, 11) is 0. The van der Waals surface area contributed by atoms with Gasteiger partial charge in [-0.15, -0.1) is 0 Å². The molecule has 120 valence electrons. The van der Waals surface area contributed by atoms with Gasteiger partial charge in [0.1, 0.15) is 0 Å². The highest BCUT2D eigenvalue weighted by atomic mass is 32.2. The van der Waals surface area contributed by atoms with Gasteiger partial charge in [-0.25, -0.2) is 0 Å². The van der Waals surface area contributed by atoms with Crippen molar-refractivity contribution in [1.29, 1.82) is 0 Å². The number of thioether (sulfide) groups is 1. The average molecular weight is 331 g/mol. The van der Waals surface area contributed by atoms with E-state index in [4.69, 9.17) is 15.2 Å². The summed E-state index contributed by atoms with van der Waals surface area (Å²) in [6.45, 7) is 0.177. The second-order valence-electron chi connectivity index (χ2n) is 4.96. The summed E-state index contributed by atoms with van der Waals surface area (Å²) in [5.74, 6) is 2.63. The van der Waals surface area contributed by atoms with Crippen molar-refractivity contribution in [3.05, 3.63) is 42.2 Å². The zero-order valence-corrected chi connectivity index (χ0v) is 13.3. The number of nitrogens with two attached hydrogens (primary N) is 1. The van der Waals surface area contributed by atoms with Gasteiger partial charge in [-0.2, -0.15) is 11.8 Å². The van der Waals surface area contributed by atoms with Gasteiger partial charge in [-0.05, 0) is 12.1 Å². The molecule has 1 aliphatic heterocycles. The van der Waals surface area contributed by atoms with Crippen LogP contribution in [0.5, 0.6) is 11.5 Å². The third-order valence-electron chi connectivity index (χ3n) is 3.27. The third kappa shape index (κ3) is 4.07. The molecule has 0 bridgehead atoms. The number of carbonyl (C=O) groups excluding carboxylic acids is 1. The zero-order chi connectivity index (χ0) is 16.1. The Labute approximate surface area is 138 Å². The van der Waals surface area contributed by atoms with Crippen LogP contribution in [0, 0.1) is 0 Å². The van der Waals surface area contributed by atoms with E-state index >= 15 is 0 Å². The molecule has 0 unspecified atom stereocenters. The molecule has 1 aromatic heterocycles. The Balaban J connectivity index is 1.46. The van der Waals surface area contributed by atoms with Crippen molar-refractivity contribution in [2.24, 2.45) is 0 Å². The number of fused-ring (bicyclic) bond motifs is 1. The molecule has 3 N–H and O–H groups in total. The van der Waals surface area contributed by atoms with E-state index in [1.807, 2.05) is 18.2 Å². The predicted molar refractivity (Wildman–Crippen MR) is 90.6 cm³/mol. The van der Waals surface area contributed by atoms with Crippen LogP contribution in [-0.4, -0.2) is 23.4 Å². The normalized spacial score (nSPS) is 12.2. The third-order valence-corrected chi connectivity index (χ3v) is 4.26. The maximum absolute atomic E-state index is 12.0. The number of hydrogen-bond donors (Lipinski definition) is 2. The molecule has 1 aromatic carbocycles. The molecule has 3 rings (SSSR count). The van der Waals surface area contributed by atoms with Crippen molar-refractivity contribution in [1.82, 2.24) is 4.98 Å². The highest BCUT2D eigenvalue weighted by Gasteiger charge is 2.17. The quantitative estimate of drug-likeness (QED) is 0.625. The van der Waals surface area contributed by atoms with Gasteiger partial charge in [0.2, 0.25) is 12.7 Å². The van der Waals surface area contributed by atoms with E-state index in [1.54, 1.807) is 30.1 Å². The van der Waals surface area contributed by atoms with Crippen molar-refractivity contribution in [3.63, 3.8) is 0 Å². The summed E-state index contributed by atoms with van der Waals surface area (Å²) in [5, 5.41) is 2.81. The standard InChI is InChI=1S/C16H17N3O3S/c17-12-7-14-15(22-10-21-14)8-13(12)19-16(20)4-6-23-9-11-3-1-2-5-18-11/h1-3,5,7-8H,4,6,9-10,17H2,(H,19,20). The minimum absolute atomic E-state index is 0.0795. The highest BCUT2D eigenvalue weighted by Crippen LogP contribution is 2.38. The first kappa shape index (κ1) is 15.5. The Morgan fingerprint density at radius 3 is 2.91 bits per heavy atom. The lowest BCUT2D eigenvalue weighted by atomic mass is 10.2. The van der Waals surface area contributed by atoms with Crippen LogP contribution in [0.1, 0.15) is 12.1 Å². The number of hydrogen-bond acceptors (Lipinski definition) is 6. The second-order valence-corrected chi connectivity index (χ2v) is 6.07. The molecule has 2 heterocycles. The summed E-state index contributed by atoms with van der Waals surface area (Å²) in [6.07, 6.45) is 2.18. The molecular weight excluding hydrogens is 314 g/mol. The number of rotatable bonds is 6. The summed E-state index contributed by atoms with van der Waals surface area (Å²) in [6, 6.07) is 9.17. The van der Waals surface area contributed by atoms with Crippen LogP contribution in [0.3, 0.4) is 0 Å². The van der Waals surface area contributed by atoms with Gasteiger partial charge in [-0.3, -0.25) is 9.78 Å². The van der Waals surface area contributed by atoms with Gasteiger partial charge >= 0.3 is 0 Å². The number of anilines is 2. The van der Waals surface area contributed by atoms with Crippen LogP contribution >= 0.6 is 11.8 Å². The molecule has 6 nitrogen and oxygen atoms in total. The first-order valence-electron chi connectivity index (χ1n) is 7.19. The zero-order valence-electron chi connectivity index (χ0n) is 12.5. The van der Waals surface area contributed by atoms with Gasteiger partial charge in [0, 0.05) is 36.3 Å². The van der Waals surface area contributed by atoms with E-state index in [-0.39, 0.29) is 12.7 Å². The molecular formula is C16H17N3O3S. The topological polar surface area (TPSA) is 86.5 Å². The Bertz CT molecular complexity index is 694. The summed E-state index contributed by atoms with van der Waals surface area (Å²) >= 11 is 1.67. The summed E-state index contributed by atoms with van der Waals surface area (Å²) < 4.78 is 10.5. The van der Waals surface area contributed by atoms with E-state index in [1.165, 1.54) is 0 Å². The Hall–Kier alpha value is -2.41. The molecule has 1 amide bonds. The monoisotopic (exact) mass is 331 g/mol. The van der Waals surface area contributed by atoms with E-state index in [0.717, 1.165) is 11.4 Å². The smallest absolute Gasteiger partial charge is 0.231 e. The molecule has 0 fully saturated rings. The van der Waals surface area contributed by atoms with Crippen LogP contribution in [-0.2, 0) is 10.5 Å². The fraction of sp³-hybridized carbons (Fsp3) is 0.250. The lowest BCUT2D eigenvalue weighted by Gasteiger charge is -2.09. The van der Waals surface area contributed by atoms with Crippen molar-refractivity contribution in [2.45, 2.75) is 12.2 Å². The van der Waals surface area contributed by atoms with Gasteiger partial charge in [0.05, 0.1) is 17.1 Å². The molecule has 0 radical (unpaired) electrons. The fourth-order valence-electron chi connectivity index (χ4n) is 2.10. The lowest BCUT2D eigenvalue weighted by Crippen LogP contribution is -2.13. The minimum Gasteiger partial charge on any atom is -0.454 e. The number of carbonyl (C=O) groups is 1. The van der Waals surface area contributed by atoms with Crippen molar-refractivity contribution in [3.8, 4) is 11.5 Å². The molecule has 2 aromatic rings. The van der Waals surface area contributed by atoms with Crippen molar-refractivity contribution in [2.75, 3.05) is 23.6 Å². The Morgan fingerprint density at radius 2 is 2.13 bits per heavy atom. The lowest BCUT2D eigenvalue weighted by molar-refractivity contribution is -0.115. The molecule has 0 aliphatic carbocycles. The number of benzene rings is 1. The fourth-order valence-corrected chi connectivity index (χ4v) is 2.96. The van der Waals surface area contributed by atoms with E-state index in [9.17, 15) is 4.79 Å². The molecule has 0 atom stereocenters. The highest BCUT2D eigenvalue weighted by molar-refractivity contribution is 7.98. The number of nitrogens with one attached hydrogen (secondary N) is 1. The van der Waals surface area contributed by atoms with Crippen LogP contribution < -0.4 is 20.5 Å². The summed E-state index contributed by atoms with van der Waals surface area (Å²) in [4.78, 5) is 16.3. The largest absolute Gasteiger partial charge is 0.454 e. The van der Waals surface area contributed by atoms with Gasteiger partial charge in [0.15, 0.2) is 11.5 Å². The minimum atomic E-state index is -0.0795. The molecule has 23 heavy (non-hydrogen) atoms. The molecule has 7 heteroatoms. The number of aromatic nitrogens is 1. The average Bonchev–Trinajstić information content (AvgIpc) is 3.00. The van der Waals surface area contributed by atoms with Crippen LogP contribution in [0.25, 0.3) is 0 Å². The van der Waals surface area contributed by atoms with E-state index in [2.05, 4.69) is 10.3 Å². The number of nitrogens with zero attached hydrogens (tertiary/aromatic N) is 1. The molecule has 1 aliphatic rings. The van der Waals surface area contributed by atoms with Gasteiger partial charge < -0.3 is 20.5 Å². The van der Waals surface area contributed by atoms with Crippen LogP contribution in [0.15, 0.2) is 36.5 Å². The summed E-state index contributed by atoms with van der Waals surface area (Å²) in [5.41, 5.74) is 7.93. The first-order valence-corrected chi connectivity index (χ1v) is 8.34. The number of amides is 1. The van der Waals surface area contributed by atoms with Crippen LogP contribution in [0.2, 0.25) is 0 Å². The maximum atomic E-state index is 12.0. The maximum Gasteiger partial charge on any atom is 0.231 e. The number of ether oxygens (including phenoxy) is 2. The molecule has 0 saturated heterocycles. The van der Waals surface area contributed by atoms with Crippen LogP contribution in [0.4, 0.5) is 11.4 Å². The van der Waals surface area contributed by atoms with E-state index < -0.39 is 0 Å². The van der Waals surface area contributed by atoms with Crippen molar-refractivity contribution < 1.29 is 14.3 Å². The number of nitrogen functional groups attached to an aromatic ring is 1. The first-order chi connectivity index (χ1) is 11.2. The SMILES string of the molecule is Nc1cc2c(cc1NC(=O)CCSCc1ccccn1)OCO2. The van der Waals surface area contributed by atoms with Gasteiger partial charge in [0.25, 0.3) is 0 Å². The van der Waals surface area contributed by atoms with E-state index in [0.29, 0.717) is 35.0 Å². The molecule has 0 saturated carbocycles. The molecule has 0 spiro atoms. The Kier molecular flexibility index (Phi) is 4.87. The Morgan fingerprint density at radius 1 is 1.30 bits per heavy atom.